The van der Waals surface area contributed by atoms with E-state index in [0.29, 0.717) is 18.0 Å². The fraction of sp³-hybridized carbons (Fsp3) is 0.250. The number of ether oxygens (including phenoxy) is 1. The van der Waals surface area contributed by atoms with Crippen molar-refractivity contribution in [1.82, 2.24) is 14.3 Å². The van der Waals surface area contributed by atoms with Crippen molar-refractivity contribution >= 4 is 22.6 Å². The van der Waals surface area contributed by atoms with Crippen LogP contribution in [0.25, 0.3) is 10.9 Å². The lowest BCUT2D eigenvalue weighted by Gasteiger charge is -2.06. The SMILES string of the molecule is COCCn1ccc2cc(C(=O)Nc3ccn(C)n3)ccc21. The van der Waals surface area contributed by atoms with E-state index in [-0.39, 0.29) is 5.91 Å². The molecule has 0 bridgehead atoms. The summed E-state index contributed by atoms with van der Waals surface area (Å²) in [5, 5.41) is 7.96. The summed E-state index contributed by atoms with van der Waals surface area (Å²) in [5.41, 5.74) is 1.70. The second kappa shape index (κ2) is 6.03. The first-order valence-electron chi connectivity index (χ1n) is 7.06. The van der Waals surface area contributed by atoms with Gasteiger partial charge in [0.15, 0.2) is 5.82 Å². The molecule has 2 heterocycles. The van der Waals surface area contributed by atoms with Gasteiger partial charge in [-0.2, -0.15) is 5.10 Å². The Morgan fingerprint density at radius 1 is 1.27 bits per heavy atom. The van der Waals surface area contributed by atoms with Crippen LogP contribution in [-0.4, -0.2) is 34.0 Å². The molecule has 22 heavy (non-hydrogen) atoms. The monoisotopic (exact) mass is 298 g/mol. The van der Waals surface area contributed by atoms with Gasteiger partial charge in [-0.25, -0.2) is 0 Å². The number of nitrogens with zero attached hydrogens (tertiary/aromatic N) is 3. The number of carbonyl (C=O) groups is 1. The third-order valence-corrected chi connectivity index (χ3v) is 3.52. The van der Waals surface area contributed by atoms with Crippen LogP contribution in [0.2, 0.25) is 0 Å². The number of benzene rings is 1. The van der Waals surface area contributed by atoms with Crippen molar-refractivity contribution in [3.05, 3.63) is 48.3 Å². The average molecular weight is 298 g/mol. The number of anilines is 1. The highest BCUT2D eigenvalue weighted by Gasteiger charge is 2.10. The average Bonchev–Trinajstić information content (AvgIpc) is 3.10. The Morgan fingerprint density at radius 2 is 2.14 bits per heavy atom. The quantitative estimate of drug-likeness (QED) is 0.786. The molecule has 3 aromatic rings. The highest BCUT2D eigenvalue weighted by molar-refractivity contribution is 6.05. The number of methoxy groups -OCH3 is 1. The third kappa shape index (κ3) is 2.87. The first-order valence-corrected chi connectivity index (χ1v) is 7.06. The molecular formula is C16H18N4O2. The Kier molecular flexibility index (Phi) is 3.93. The number of aryl methyl sites for hydroxylation is 1. The molecule has 114 valence electrons. The summed E-state index contributed by atoms with van der Waals surface area (Å²) in [6, 6.07) is 9.43. The van der Waals surface area contributed by atoms with Crippen molar-refractivity contribution in [2.45, 2.75) is 6.54 Å². The highest BCUT2D eigenvalue weighted by Crippen LogP contribution is 2.18. The minimum atomic E-state index is -0.162. The van der Waals surface area contributed by atoms with E-state index in [2.05, 4.69) is 15.0 Å². The molecule has 0 unspecified atom stereocenters. The van der Waals surface area contributed by atoms with Gasteiger partial charge in [0, 0.05) is 55.6 Å². The van der Waals surface area contributed by atoms with Crippen molar-refractivity contribution in [3.8, 4) is 0 Å². The van der Waals surface area contributed by atoms with Gasteiger partial charge in [-0.3, -0.25) is 9.48 Å². The molecule has 6 nitrogen and oxygen atoms in total. The smallest absolute Gasteiger partial charge is 0.256 e. The molecule has 0 atom stereocenters. The van der Waals surface area contributed by atoms with Gasteiger partial charge in [-0.05, 0) is 24.3 Å². The van der Waals surface area contributed by atoms with Gasteiger partial charge in [0.25, 0.3) is 5.91 Å². The van der Waals surface area contributed by atoms with Crippen molar-refractivity contribution < 1.29 is 9.53 Å². The number of nitrogens with one attached hydrogen (secondary N) is 1. The van der Waals surface area contributed by atoms with E-state index in [9.17, 15) is 4.79 Å². The molecule has 0 spiro atoms. The zero-order chi connectivity index (χ0) is 15.5. The van der Waals surface area contributed by atoms with E-state index in [1.807, 2.05) is 37.5 Å². The predicted octanol–water partition coefficient (Wildman–Crippen LogP) is 2.27. The molecule has 0 saturated heterocycles. The van der Waals surface area contributed by atoms with Crippen molar-refractivity contribution in [2.24, 2.45) is 7.05 Å². The molecule has 6 heteroatoms. The van der Waals surface area contributed by atoms with Gasteiger partial charge in [0.2, 0.25) is 0 Å². The Hall–Kier alpha value is -2.60. The molecular weight excluding hydrogens is 280 g/mol. The molecule has 1 N–H and O–H groups in total. The van der Waals surface area contributed by atoms with E-state index >= 15 is 0 Å². The number of fused-ring (bicyclic) bond motifs is 1. The molecule has 0 aliphatic heterocycles. The number of rotatable bonds is 5. The first-order chi connectivity index (χ1) is 10.7. The standard InChI is InChI=1S/C16H18N4O2/c1-19-7-6-15(18-19)17-16(21)13-3-4-14-12(11-13)5-8-20(14)9-10-22-2/h3-8,11H,9-10H2,1-2H3,(H,17,18,21). The maximum absolute atomic E-state index is 12.3. The van der Waals surface area contributed by atoms with Crippen LogP contribution < -0.4 is 5.32 Å². The molecule has 0 radical (unpaired) electrons. The minimum absolute atomic E-state index is 0.162. The maximum atomic E-state index is 12.3. The fourth-order valence-corrected chi connectivity index (χ4v) is 2.40. The number of hydrogen-bond acceptors (Lipinski definition) is 3. The topological polar surface area (TPSA) is 61.1 Å². The number of aromatic nitrogens is 3. The van der Waals surface area contributed by atoms with Gasteiger partial charge >= 0.3 is 0 Å². The number of hydrogen-bond donors (Lipinski definition) is 1. The van der Waals surface area contributed by atoms with Crippen LogP contribution in [0.15, 0.2) is 42.7 Å². The van der Waals surface area contributed by atoms with Gasteiger partial charge in [-0.1, -0.05) is 0 Å². The molecule has 0 saturated carbocycles. The summed E-state index contributed by atoms with van der Waals surface area (Å²) in [5.74, 6) is 0.385. The zero-order valence-electron chi connectivity index (χ0n) is 12.6. The summed E-state index contributed by atoms with van der Waals surface area (Å²) in [7, 11) is 3.50. The second-order valence-corrected chi connectivity index (χ2v) is 5.10. The lowest BCUT2D eigenvalue weighted by atomic mass is 10.1. The van der Waals surface area contributed by atoms with E-state index in [4.69, 9.17) is 4.74 Å². The van der Waals surface area contributed by atoms with E-state index < -0.39 is 0 Å². The molecule has 1 aromatic carbocycles. The van der Waals surface area contributed by atoms with Crippen LogP contribution in [0.3, 0.4) is 0 Å². The maximum Gasteiger partial charge on any atom is 0.256 e. The van der Waals surface area contributed by atoms with Crippen molar-refractivity contribution in [3.63, 3.8) is 0 Å². The molecule has 0 aliphatic carbocycles. The minimum Gasteiger partial charge on any atom is -0.383 e. The Labute approximate surface area is 128 Å². The molecule has 0 fully saturated rings. The van der Waals surface area contributed by atoms with Crippen LogP contribution in [-0.2, 0) is 18.3 Å². The van der Waals surface area contributed by atoms with E-state index in [0.717, 1.165) is 17.4 Å². The number of amides is 1. The Morgan fingerprint density at radius 3 is 2.86 bits per heavy atom. The van der Waals surface area contributed by atoms with Crippen LogP contribution in [0.4, 0.5) is 5.82 Å². The summed E-state index contributed by atoms with van der Waals surface area (Å²) in [4.78, 5) is 12.3. The lowest BCUT2D eigenvalue weighted by Crippen LogP contribution is -2.12. The fourth-order valence-electron chi connectivity index (χ4n) is 2.40. The molecule has 0 aliphatic rings. The van der Waals surface area contributed by atoms with Crippen LogP contribution in [0.1, 0.15) is 10.4 Å². The van der Waals surface area contributed by atoms with Gasteiger partial charge in [0.05, 0.1) is 6.61 Å². The third-order valence-electron chi connectivity index (χ3n) is 3.52. The summed E-state index contributed by atoms with van der Waals surface area (Å²) < 4.78 is 8.86. The Bertz CT molecular complexity index is 803. The highest BCUT2D eigenvalue weighted by atomic mass is 16.5. The summed E-state index contributed by atoms with van der Waals surface area (Å²) >= 11 is 0. The lowest BCUT2D eigenvalue weighted by molar-refractivity contribution is 0.102. The first kappa shape index (κ1) is 14.3. The predicted molar refractivity (Wildman–Crippen MR) is 85.0 cm³/mol. The summed E-state index contributed by atoms with van der Waals surface area (Å²) in [6.07, 6.45) is 3.79. The van der Waals surface area contributed by atoms with Crippen LogP contribution in [0, 0.1) is 0 Å². The normalized spacial score (nSPS) is 11.0. The molecule has 2 aromatic heterocycles. The number of carbonyl (C=O) groups excluding carboxylic acids is 1. The van der Waals surface area contributed by atoms with Crippen LogP contribution in [0.5, 0.6) is 0 Å². The summed E-state index contributed by atoms with van der Waals surface area (Å²) in [6.45, 7) is 1.45. The van der Waals surface area contributed by atoms with Gasteiger partial charge in [-0.15, -0.1) is 0 Å². The zero-order valence-corrected chi connectivity index (χ0v) is 12.6. The second-order valence-electron chi connectivity index (χ2n) is 5.10. The molecule has 1 amide bonds. The van der Waals surface area contributed by atoms with Gasteiger partial charge in [0.1, 0.15) is 0 Å². The van der Waals surface area contributed by atoms with Crippen LogP contribution >= 0.6 is 0 Å². The van der Waals surface area contributed by atoms with E-state index in [1.54, 1.807) is 24.1 Å². The van der Waals surface area contributed by atoms with E-state index in [1.165, 1.54) is 0 Å². The van der Waals surface area contributed by atoms with Crippen molar-refractivity contribution in [2.75, 3.05) is 19.0 Å². The largest absolute Gasteiger partial charge is 0.383 e. The Balaban J connectivity index is 1.81. The van der Waals surface area contributed by atoms with Crippen molar-refractivity contribution in [1.29, 1.82) is 0 Å². The van der Waals surface area contributed by atoms with Gasteiger partial charge < -0.3 is 14.6 Å². The molecule has 3 rings (SSSR count).